The molecule has 1 unspecified atom stereocenters. The number of benzene rings is 1. The molecule has 0 aliphatic rings. The monoisotopic (exact) mass is 372 g/mol. The van der Waals surface area contributed by atoms with Crippen LogP contribution in [0.2, 0.25) is 0 Å². The van der Waals surface area contributed by atoms with Gasteiger partial charge in [-0.05, 0) is 44.4 Å². The van der Waals surface area contributed by atoms with Gasteiger partial charge in [0.05, 0.1) is 6.61 Å². The lowest BCUT2D eigenvalue weighted by molar-refractivity contribution is -0.151. The fraction of sp³-hybridized carbons (Fsp3) is 0.529. The summed E-state index contributed by atoms with van der Waals surface area (Å²) in [6.07, 6.45) is 0.422. The second-order valence-corrected chi connectivity index (χ2v) is 7.71. The first-order valence-electron chi connectivity index (χ1n) is 8.17. The number of esters is 1. The number of carbonyl (C=O) groups excluding carboxylic acids is 2. The van der Waals surface area contributed by atoms with Crippen LogP contribution in [0.15, 0.2) is 24.3 Å². The minimum Gasteiger partial charge on any atom is -0.465 e. The third kappa shape index (κ3) is 5.14. The van der Waals surface area contributed by atoms with Gasteiger partial charge in [-0.15, -0.1) is 0 Å². The van der Waals surface area contributed by atoms with E-state index in [2.05, 4.69) is 0 Å². The Kier molecular flexibility index (Phi) is 7.80. The van der Waals surface area contributed by atoms with Crippen LogP contribution in [0, 0.1) is 0 Å². The summed E-state index contributed by atoms with van der Waals surface area (Å²) < 4.78 is 22.4. The molecule has 1 N–H and O–H groups in total. The lowest BCUT2D eigenvalue weighted by atomic mass is 10.0. The molecule has 140 valence electrons. The fourth-order valence-electron chi connectivity index (χ4n) is 2.43. The van der Waals surface area contributed by atoms with Crippen molar-refractivity contribution in [2.24, 2.45) is 0 Å². The van der Waals surface area contributed by atoms with Gasteiger partial charge in [-0.2, -0.15) is 0 Å². The number of hydrogen-bond donors (Lipinski definition) is 1. The van der Waals surface area contributed by atoms with Gasteiger partial charge in [-0.1, -0.05) is 30.7 Å². The van der Waals surface area contributed by atoms with Gasteiger partial charge < -0.3 is 14.5 Å². The zero-order valence-corrected chi connectivity index (χ0v) is 15.9. The molecule has 1 atom stereocenters. The molecular formula is C17H25O7P. The molecule has 0 saturated heterocycles. The highest BCUT2D eigenvalue weighted by Crippen LogP contribution is 2.59. The smallest absolute Gasteiger partial charge is 0.383 e. The fourth-order valence-corrected chi connectivity index (χ4v) is 3.86. The van der Waals surface area contributed by atoms with Gasteiger partial charge in [0.15, 0.2) is 10.9 Å². The van der Waals surface area contributed by atoms with Crippen molar-refractivity contribution in [2.75, 3.05) is 6.61 Å². The topological polar surface area (TPSA) is 99.1 Å². The summed E-state index contributed by atoms with van der Waals surface area (Å²) in [5, 5.41) is -1.68. The average Bonchev–Trinajstić information content (AvgIpc) is 2.55. The van der Waals surface area contributed by atoms with Crippen LogP contribution in [0.25, 0.3) is 0 Å². The van der Waals surface area contributed by atoms with Gasteiger partial charge in [0.2, 0.25) is 0 Å². The maximum absolute atomic E-state index is 12.7. The second-order valence-electron chi connectivity index (χ2n) is 5.66. The predicted octanol–water partition coefficient (Wildman–Crippen LogP) is 3.44. The maximum Gasteiger partial charge on any atom is 0.383 e. The van der Waals surface area contributed by atoms with Crippen LogP contribution in [-0.4, -0.2) is 28.4 Å². The summed E-state index contributed by atoms with van der Waals surface area (Å²) in [6.45, 7) is 6.43. The molecule has 0 spiro atoms. The first kappa shape index (κ1) is 21.4. The van der Waals surface area contributed by atoms with Crippen LogP contribution in [-0.2, 0) is 30.0 Å². The van der Waals surface area contributed by atoms with Crippen molar-refractivity contribution in [3.05, 3.63) is 29.8 Å². The molecule has 7 nitrogen and oxygen atoms in total. The quantitative estimate of drug-likeness (QED) is 0.291. The number of ketones is 1. The molecule has 25 heavy (non-hydrogen) atoms. The third-order valence-electron chi connectivity index (χ3n) is 3.98. The number of hydrogen-bond acceptors (Lipinski definition) is 6. The van der Waals surface area contributed by atoms with Gasteiger partial charge in [0.25, 0.3) is 0 Å². The van der Waals surface area contributed by atoms with Crippen LogP contribution in [0.3, 0.4) is 0 Å². The van der Waals surface area contributed by atoms with E-state index in [1.54, 1.807) is 32.9 Å². The van der Waals surface area contributed by atoms with Crippen molar-refractivity contribution < 1.29 is 33.3 Å². The van der Waals surface area contributed by atoms with Crippen molar-refractivity contribution in [3.8, 4) is 5.75 Å². The van der Waals surface area contributed by atoms with Gasteiger partial charge in [-0.25, -0.2) is 0 Å². The van der Waals surface area contributed by atoms with Crippen LogP contribution in [0.4, 0.5) is 0 Å². The van der Waals surface area contributed by atoms with Crippen molar-refractivity contribution in [3.63, 3.8) is 0 Å². The standard InChI is InChI=1S/C17H25O7P/c1-5-17(6-2,16(19)22-7-3)25(20,21)24-23-15-10-8-14(9-11-15)12-13(4)18/h8-11H,5-7,12H2,1-4H3,(H,20,21). The number of carbonyl (C=O) groups is 2. The van der Waals surface area contributed by atoms with Crippen LogP contribution in [0.1, 0.15) is 46.1 Å². The maximum atomic E-state index is 12.7. The molecule has 0 bridgehead atoms. The molecule has 1 rings (SSSR count). The zero-order chi connectivity index (χ0) is 19.1. The highest BCUT2D eigenvalue weighted by molar-refractivity contribution is 7.55. The SMILES string of the molecule is CCOC(=O)C(CC)(CC)P(=O)(O)OOc1ccc(CC(C)=O)cc1. The van der Waals surface area contributed by atoms with Crippen LogP contribution in [0.5, 0.6) is 5.75 Å². The van der Waals surface area contributed by atoms with Crippen LogP contribution >= 0.6 is 7.60 Å². The summed E-state index contributed by atoms with van der Waals surface area (Å²) in [7, 11) is -4.47. The molecular weight excluding hydrogens is 347 g/mol. The third-order valence-corrected chi connectivity index (χ3v) is 6.15. The lowest BCUT2D eigenvalue weighted by Gasteiger charge is -2.31. The molecule has 0 aromatic heterocycles. The van der Waals surface area contributed by atoms with E-state index < -0.39 is 18.7 Å². The summed E-state index contributed by atoms with van der Waals surface area (Å²) in [5.74, 6) is -0.576. The van der Waals surface area contributed by atoms with E-state index in [1.165, 1.54) is 19.1 Å². The molecule has 0 aliphatic heterocycles. The van der Waals surface area contributed by atoms with Gasteiger partial charge in [-0.3, -0.25) is 14.2 Å². The van der Waals surface area contributed by atoms with E-state index >= 15 is 0 Å². The summed E-state index contributed by atoms with van der Waals surface area (Å²) in [5.41, 5.74) is 0.787. The first-order valence-corrected chi connectivity index (χ1v) is 9.75. The Morgan fingerprint density at radius 2 is 1.68 bits per heavy atom. The Balaban J connectivity index is 2.89. The highest BCUT2D eigenvalue weighted by Gasteiger charge is 2.55. The van der Waals surface area contributed by atoms with Crippen molar-refractivity contribution in [2.45, 2.75) is 52.1 Å². The van der Waals surface area contributed by atoms with E-state index in [1.807, 2.05) is 0 Å². The molecule has 1 aromatic rings. The van der Waals surface area contributed by atoms with Crippen LogP contribution < -0.4 is 4.89 Å². The van der Waals surface area contributed by atoms with E-state index in [0.29, 0.717) is 0 Å². The van der Waals surface area contributed by atoms with Crippen molar-refractivity contribution in [1.29, 1.82) is 0 Å². The molecule has 8 heteroatoms. The minimum absolute atomic E-state index is 0.0230. The Morgan fingerprint density at radius 1 is 1.12 bits per heavy atom. The second kappa shape index (κ2) is 9.13. The van der Waals surface area contributed by atoms with Crippen molar-refractivity contribution in [1.82, 2.24) is 0 Å². The summed E-state index contributed by atoms with van der Waals surface area (Å²) in [4.78, 5) is 38.6. The summed E-state index contributed by atoms with van der Waals surface area (Å²) >= 11 is 0. The Morgan fingerprint density at radius 3 is 2.12 bits per heavy atom. The largest absolute Gasteiger partial charge is 0.465 e. The molecule has 0 saturated carbocycles. The first-order chi connectivity index (χ1) is 11.7. The Labute approximate surface area is 147 Å². The van der Waals surface area contributed by atoms with E-state index in [-0.39, 0.29) is 37.4 Å². The van der Waals surface area contributed by atoms with E-state index in [4.69, 9.17) is 14.3 Å². The molecule has 0 aliphatic carbocycles. The lowest BCUT2D eigenvalue weighted by Crippen LogP contribution is -2.39. The van der Waals surface area contributed by atoms with E-state index in [9.17, 15) is 19.0 Å². The normalized spacial score (nSPS) is 13.8. The molecule has 1 aromatic carbocycles. The Bertz CT molecular complexity index is 635. The zero-order valence-electron chi connectivity index (χ0n) is 15.0. The number of rotatable bonds is 10. The highest BCUT2D eigenvalue weighted by atomic mass is 31.2. The minimum atomic E-state index is -4.47. The molecule has 0 fully saturated rings. The number of Topliss-reactive ketones (excluding diaryl/α,β-unsaturated/α-hetero) is 1. The molecule has 0 amide bonds. The van der Waals surface area contributed by atoms with Gasteiger partial charge in [0.1, 0.15) is 5.78 Å². The van der Waals surface area contributed by atoms with Crippen molar-refractivity contribution >= 4 is 19.3 Å². The number of ether oxygens (including phenoxy) is 1. The molecule has 0 heterocycles. The summed E-state index contributed by atoms with van der Waals surface area (Å²) in [6, 6.07) is 6.34. The average molecular weight is 372 g/mol. The Hall–Kier alpha value is -1.69. The van der Waals surface area contributed by atoms with Gasteiger partial charge >= 0.3 is 13.6 Å². The van der Waals surface area contributed by atoms with Gasteiger partial charge in [0, 0.05) is 6.42 Å². The predicted molar refractivity (Wildman–Crippen MR) is 92.3 cm³/mol. The van der Waals surface area contributed by atoms with E-state index in [0.717, 1.165) is 5.56 Å². The molecule has 0 radical (unpaired) electrons.